The molecule has 4 rings (SSSR count). The number of fused-ring (bicyclic) bond motifs is 1. The maximum absolute atomic E-state index is 12.5. The highest BCUT2D eigenvalue weighted by Crippen LogP contribution is 2.16. The molecule has 1 fully saturated rings. The molecule has 1 atom stereocenters. The summed E-state index contributed by atoms with van der Waals surface area (Å²) in [6.07, 6.45) is 3.56. The quantitative estimate of drug-likeness (QED) is 0.756. The predicted octanol–water partition coefficient (Wildman–Crippen LogP) is 2.30. The molecule has 0 radical (unpaired) electrons. The molecule has 28 heavy (non-hydrogen) atoms. The number of aromatic nitrogens is 2. The van der Waals surface area contributed by atoms with Gasteiger partial charge in [-0.3, -0.25) is 9.59 Å². The van der Waals surface area contributed by atoms with Crippen molar-refractivity contribution in [3.63, 3.8) is 0 Å². The van der Waals surface area contributed by atoms with Gasteiger partial charge in [0, 0.05) is 31.0 Å². The molecule has 3 heterocycles. The van der Waals surface area contributed by atoms with Gasteiger partial charge in [0.15, 0.2) is 0 Å². The van der Waals surface area contributed by atoms with Crippen LogP contribution >= 0.6 is 0 Å². The topological polar surface area (TPSA) is 75.9 Å². The van der Waals surface area contributed by atoms with E-state index in [1.54, 1.807) is 23.2 Å². The third-order valence-corrected chi connectivity index (χ3v) is 4.90. The summed E-state index contributed by atoms with van der Waals surface area (Å²) in [4.78, 5) is 31.2. The van der Waals surface area contributed by atoms with Gasteiger partial charge in [0.1, 0.15) is 11.3 Å². The van der Waals surface area contributed by atoms with Crippen LogP contribution in [-0.4, -0.2) is 52.4 Å². The van der Waals surface area contributed by atoms with E-state index < -0.39 is 0 Å². The lowest BCUT2D eigenvalue weighted by Crippen LogP contribution is -2.40. The first-order chi connectivity index (χ1) is 13.6. The fourth-order valence-electron chi connectivity index (χ4n) is 3.26. The van der Waals surface area contributed by atoms with Gasteiger partial charge < -0.3 is 19.4 Å². The Hall–Kier alpha value is -3.19. The van der Waals surface area contributed by atoms with Gasteiger partial charge in [-0.1, -0.05) is 18.2 Å². The number of amides is 2. The number of rotatable bonds is 4. The third-order valence-electron chi connectivity index (χ3n) is 4.90. The van der Waals surface area contributed by atoms with Crippen molar-refractivity contribution in [3.8, 4) is 0 Å². The second-order valence-corrected chi connectivity index (χ2v) is 6.81. The molecule has 1 saturated heterocycles. The lowest BCUT2D eigenvalue weighted by molar-refractivity contribution is 0.0303. The van der Waals surface area contributed by atoms with Gasteiger partial charge in [-0.05, 0) is 36.8 Å². The Morgan fingerprint density at radius 1 is 1.11 bits per heavy atom. The number of pyridine rings is 1. The molecule has 2 aromatic heterocycles. The normalized spacial score (nSPS) is 15.4. The molecule has 144 valence electrons. The van der Waals surface area contributed by atoms with E-state index in [-0.39, 0.29) is 17.9 Å². The molecule has 0 spiro atoms. The van der Waals surface area contributed by atoms with Gasteiger partial charge in [0.2, 0.25) is 0 Å². The van der Waals surface area contributed by atoms with Crippen LogP contribution in [0.3, 0.4) is 0 Å². The fourth-order valence-corrected chi connectivity index (χ4v) is 3.26. The molecule has 0 saturated carbocycles. The molecular weight excluding hydrogens is 356 g/mol. The highest BCUT2D eigenvalue weighted by atomic mass is 16.5. The lowest BCUT2D eigenvalue weighted by Gasteiger charge is -2.27. The van der Waals surface area contributed by atoms with E-state index >= 15 is 0 Å². The molecule has 3 aromatic rings. The number of benzene rings is 1. The smallest absolute Gasteiger partial charge is 0.271 e. The summed E-state index contributed by atoms with van der Waals surface area (Å²) in [6.45, 7) is 4.30. The Morgan fingerprint density at radius 2 is 1.86 bits per heavy atom. The van der Waals surface area contributed by atoms with Crippen molar-refractivity contribution in [1.82, 2.24) is 19.6 Å². The van der Waals surface area contributed by atoms with Crippen LogP contribution in [0, 0.1) is 0 Å². The van der Waals surface area contributed by atoms with Crippen LogP contribution in [0.4, 0.5) is 0 Å². The van der Waals surface area contributed by atoms with E-state index in [2.05, 4.69) is 10.3 Å². The van der Waals surface area contributed by atoms with Gasteiger partial charge >= 0.3 is 0 Å². The largest absolute Gasteiger partial charge is 0.378 e. The zero-order valence-electron chi connectivity index (χ0n) is 15.7. The van der Waals surface area contributed by atoms with Crippen molar-refractivity contribution in [1.29, 1.82) is 0 Å². The molecule has 7 nitrogen and oxygen atoms in total. The van der Waals surface area contributed by atoms with Gasteiger partial charge in [-0.2, -0.15) is 0 Å². The SMILES string of the molecule is CC(NC(=O)c1cn2ccccc2n1)c1ccc(C(=O)N2CCOCC2)cc1. The van der Waals surface area contributed by atoms with E-state index in [1.165, 1.54) is 0 Å². The van der Waals surface area contributed by atoms with E-state index in [1.807, 2.05) is 47.9 Å². The molecule has 1 N–H and O–H groups in total. The average Bonchev–Trinajstić information content (AvgIpc) is 3.18. The Labute approximate surface area is 162 Å². The summed E-state index contributed by atoms with van der Waals surface area (Å²) in [6, 6.07) is 12.8. The van der Waals surface area contributed by atoms with Crippen LogP contribution in [0.15, 0.2) is 54.9 Å². The minimum atomic E-state index is -0.232. The second kappa shape index (κ2) is 7.82. The number of ether oxygens (including phenoxy) is 1. The van der Waals surface area contributed by atoms with Crippen molar-refractivity contribution in [2.75, 3.05) is 26.3 Å². The van der Waals surface area contributed by atoms with Crippen molar-refractivity contribution < 1.29 is 14.3 Å². The fraction of sp³-hybridized carbons (Fsp3) is 0.286. The maximum atomic E-state index is 12.5. The van der Waals surface area contributed by atoms with Crippen LogP contribution in [0.25, 0.3) is 5.65 Å². The Balaban J connectivity index is 1.42. The summed E-state index contributed by atoms with van der Waals surface area (Å²) >= 11 is 0. The van der Waals surface area contributed by atoms with E-state index in [9.17, 15) is 9.59 Å². The molecule has 1 aliphatic heterocycles. The first kappa shape index (κ1) is 18.2. The van der Waals surface area contributed by atoms with Gasteiger partial charge in [-0.25, -0.2) is 4.98 Å². The number of nitrogens with one attached hydrogen (secondary N) is 1. The number of carbonyl (C=O) groups is 2. The van der Waals surface area contributed by atoms with E-state index in [0.29, 0.717) is 37.6 Å². The number of nitrogens with zero attached hydrogens (tertiary/aromatic N) is 3. The van der Waals surface area contributed by atoms with E-state index in [4.69, 9.17) is 4.74 Å². The number of hydrogen-bond acceptors (Lipinski definition) is 4. The zero-order valence-corrected chi connectivity index (χ0v) is 15.7. The van der Waals surface area contributed by atoms with Crippen LogP contribution in [0.2, 0.25) is 0 Å². The van der Waals surface area contributed by atoms with Crippen molar-refractivity contribution in [2.45, 2.75) is 13.0 Å². The average molecular weight is 378 g/mol. The van der Waals surface area contributed by atoms with Crippen LogP contribution < -0.4 is 5.32 Å². The second-order valence-electron chi connectivity index (χ2n) is 6.81. The Kier molecular flexibility index (Phi) is 5.08. The van der Waals surface area contributed by atoms with Crippen LogP contribution in [-0.2, 0) is 4.74 Å². The molecule has 1 aliphatic rings. The third kappa shape index (κ3) is 3.75. The summed E-state index contributed by atoms with van der Waals surface area (Å²) in [5.41, 5.74) is 2.67. The first-order valence-corrected chi connectivity index (χ1v) is 9.33. The van der Waals surface area contributed by atoms with Gasteiger partial charge in [-0.15, -0.1) is 0 Å². The standard InChI is InChI=1S/C21H22N4O3/c1-15(22-20(26)18-14-25-9-3-2-4-19(25)23-18)16-5-7-17(8-6-16)21(27)24-10-12-28-13-11-24/h2-9,14-15H,10-13H2,1H3,(H,22,26). The minimum absolute atomic E-state index is 0.0104. The molecule has 1 aromatic carbocycles. The highest BCUT2D eigenvalue weighted by molar-refractivity contribution is 5.94. The molecule has 1 unspecified atom stereocenters. The summed E-state index contributed by atoms with van der Waals surface area (Å²) in [5, 5.41) is 2.96. The van der Waals surface area contributed by atoms with Crippen molar-refractivity contribution in [3.05, 3.63) is 71.7 Å². The predicted molar refractivity (Wildman–Crippen MR) is 104 cm³/mol. The number of hydrogen-bond donors (Lipinski definition) is 1. The minimum Gasteiger partial charge on any atom is -0.378 e. The van der Waals surface area contributed by atoms with Gasteiger partial charge in [0.05, 0.1) is 19.3 Å². The highest BCUT2D eigenvalue weighted by Gasteiger charge is 2.19. The zero-order chi connectivity index (χ0) is 19.5. The Bertz CT molecular complexity index is 957. The summed E-state index contributed by atoms with van der Waals surface area (Å²) in [7, 11) is 0. The first-order valence-electron chi connectivity index (χ1n) is 9.33. The Morgan fingerprint density at radius 3 is 2.57 bits per heavy atom. The van der Waals surface area contributed by atoms with Gasteiger partial charge in [0.25, 0.3) is 11.8 Å². The molecule has 0 bridgehead atoms. The molecule has 7 heteroatoms. The maximum Gasteiger partial charge on any atom is 0.271 e. The molecule has 0 aliphatic carbocycles. The van der Waals surface area contributed by atoms with Crippen LogP contribution in [0.5, 0.6) is 0 Å². The van der Waals surface area contributed by atoms with Crippen LogP contribution in [0.1, 0.15) is 39.4 Å². The number of imidazole rings is 1. The number of morpholine rings is 1. The molecular formula is C21H22N4O3. The monoisotopic (exact) mass is 378 g/mol. The number of carbonyl (C=O) groups excluding carboxylic acids is 2. The van der Waals surface area contributed by atoms with E-state index in [0.717, 1.165) is 11.2 Å². The summed E-state index contributed by atoms with van der Waals surface area (Å²) in [5.74, 6) is -0.221. The lowest BCUT2D eigenvalue weighted by atomic mass is 10.1. The van der Waals surface area contributed by atoms with Crippen molar-refractivity contribution >= 4 is 17.5 Å². The summed E-state index contributed by atoms with van der Waals surface area (Å²) < 4.78 is 7.10. The van der Waals surface area contributed by atoms with Crippen molar-refractivity contribution in [2.24, 2.45) is 0 Å². The molecule has 2 amide bonds.